The van der Waals surface area contributed by atoms with Gasteiger partial charge in [-0.25, -0.2) is 4.79 Å². The molecule has 124 valence electrons. The second-order valence-corrected chi connectivity index (χ2v) is 6.78. The van der Waals surface area contributed by atoms with Gasteiger partial charge in [-0.2, -0.15) is 0 Å². The lowest BCUT2D eigenvalue weighted by Crippen LogP contribution is -2.56. The van der Waals surface area contributed by atoms with Gasteiger partial charge in [0.1, 0.15) is 0 Å². The normalized spacial score (nSPS) is 24.9. The van der Waals surface area contributed by atoms with Crippen molar-refractivity contribution in [3.05, 3.63) is 29.8 Å². The first-order chi connectivity index (χ1) is 11.0. The molecule has 2 amide bonds. The Balaban J connectivity index is 1.66. The number of carbonyl (C=O) groups is 2. The van der Waals surface area contributed by atoms with Crippen LogP contribution in [0.25, 0.3) is 0 Å². The lowest BCUT2D eigenvalue weighted by molar-refractivity contribution is 0.0579. The predicted molar refractivity (Wildman–Crippen MR) is 90.8 cm³/mol. The third-order valence-electron chi connectivity index (χ3n) is 5.07. The molecule has 0 unspecified atom stereocenters. The number of benzene rings is 1. The summed E-state index contributed by atoms with van der Waals surface area (Å²) in [5.41, 5.74) is 1.41. The smallest absolute Gasteiger partial charge is 0.321 e. The van der Waals surface area contributed by atoms with Crippen LogP contribution in [-0.4, -0.2) is 54.3 Å². The van der Waals surface area contributed by atoms with Crippen LogP contribution >= 0.6 is 0 Å². The molecular weight excluding hydrogens is 290 g/mol. The van der Waals surface area contributed by atoms with E-state index in [1.54, 1.807) is 31.2 Å². The van der Waals surface area contributed by atoms with Crippen LogP contribution in [-0.2, 0) is 0 Å². The number of hydrogen-bond acceptors (Lipinski definition) is 3. The number of hydrogen-bond donors (Lipinski definition) is 1. The molecule has 0 spiro atoms. The van der Waals surface area contributed by atoms with E-state index in [-0.39, 0.29) is 11.8 Å². The topological polar surface area (TPSA) is 52.7 Å². The Labute approximate surface area is 137 Å². The van der Waals surface area contributed by atoms with Crippen molar-refractivity contribution < 1.29 is 9.59 Å². The monoisotopic (exact) mass is 315 g/mol. The van der Waals surface area contributed by atoms with E-state index in [1.807, 2.05) is 4.90 Å². The number of nitrogens with zero attached hydrogens (tertiary/aromatic N) is 2. The number of fused-ring (bicyclic) bond motifs is 1. The molecule has 5 heteroatoms. The number of carbonyl (C=O) groups excluding carboxylic acids is 2. The number of anilines is 1. The van der Waals surface area contributed by atoms with Crippen molar-refractivity contribution in [3.63, 3.8) is 0 Å². The van der Waals surface area contributed by atoms with Crippen LogP contribution in [0, 0.1) is 5.92 Å². The Morgan fingerprint density at radius 2 is 1.87 bits per heavy atom. The van der Waals surface area contributed by atoms with Gasteiger partial charge in [0.15, 0.2) is 5.78 Å². The van der Waals surface area contributed by atoms with Crippen molar-refractivity contribution in [2.45, 2.75) is 32.2 Å². The lowest BCUT2D eigenvalue weighted by atomic mass is 9.84. The van der Waals surface area contributed by atoms with E-state index in [0.29, 0.717) is 17.5 Å². The molecule has 0 radical (unpaired) electrons. The minimum atomic E-state index is -0.0140. The summed E-state index contributed by atoms with van der Waals surface area (Å²) in [7, 11) is 2.16. The number of rotatable bonds is 2. The number of nitrogens with one attached hydrogen (secondary N) is 1. The predicted octanol–water partition coefficient (Wildman–Crippen LogP) is 2.84. The number of Topliss-reactive ketones (excluding diaryl/α,β-unsaturated/α-hetero) is 1. The first-order valence-electron chi connectivity index (χ1n) is 8.42. The maximum Gasteiger partial charge on any atom is 0.322 e. The molecule has 0 bridgehead atoms. The Morgan fingerprint density at radius 1 is 1.13 bits per heavy atom. The van der Waals surface area contributed by atoms with Gasteiger partial charge in [-0.3, -0.25) is 4.79 Å². The minimum Gasteiger partial charge on any atom is -0.321 e. The summed E-state index contributed by atoms with van der Waals surface area (Å²) in [5.74, 6) is 0.626. The first-order valence-corrected chi connectivity index (χ1v) is 8.42. The third-order valence-corrected chi connectivity index (χ3v) is 5.07. The quantitative estimate of drug-likeness (QED) is 0.854. The standard InChI is InChI=1S/C18H25N3O2/c1-13(22)14-5-7-16(8-6-14)19-18(23)21-10-3-4-15-12-20(2)11-9-17(15)21/h5-8,15,17H,3-4,9-12H2,1-2H3,(H,19,23)/t15-,17+/m0/s1. The summed E-state index contributed by atoms with van der Waals surface area (Å²) in [5, 5.41) is 2.98. The Morgan fingerprint density at radius 3 is 2.57 bits per heavy atom. The molecule has 2 fully saturated rings. The van der Waals surface area contributed by atoms with E-state index in [2.05, 4.69) is 17.3 Å². The average Bonchev–Trinajstić information content (AvgIpc) is 2.54. The second kappa shape index (κ2) is 6.71. The molecule has 1 aromatic rings. The third kappa shape index (κ3) is 3.55. The zero-order chi connectivity index (χ0) is 16.4. The molecule has 2 aliphatic heterocycles. The maximum atomic E-state index is 12.7. The van der Waals surface area contributed by atoms with Gasteiger partial charge < -0.3 is 15.1 Å². The van der Waals surface area contributed by atoms with E-state index in [9.17, 15) is 9.59 Å². The average molecular weight is 315 g/mol. The zero-order valence-corrected chi connectivity index (χ0v) is 13.9. The summed E-state index contributed by atoms with van der Waals surface area (Å²) in [4.78, 5) is 28.3. The van der Waals surface area contributed by atoms with Crippen molar-refractivity contribution in [1.82, 2.24) is 9.80 Å². The van der Waals surface area contributed by atoms with Crippen molar-refractivity contribution in [2.75, 3.05) is 32.0 Å². The molecule has 2 saturated heterocycles. The van der Waals surface area contributed by atoms with Gasteiger partial charge in [-0.15, -0.1) is 0 Å². The van der Waals surface area contributed by atoms with Crippen molar-refractivity contribution >= 4 is 17.5 Å². The van der Waals surface area contributed by atoms with Crippen molar-refractivity contribution in [1.29, 1.82) is 0 Å². The van der Waals surface area contributed by atoms with Gasteiger partial charge >= 0.3 is 6.03 Å². The summed E-state index contributed by atoms with van der Waals surface area (Å²) >= 11 is 0. The fourth-order valence-electron chi connectivity index (χ4n) is 3.82. The van der Waals surface area contributed by atoms with Crippen molar-refractivity contribution in [3.8, 4) is 0 Å². The lowest BCUT2D eigenvalue weighted by Gasteiger charge is -2.46. The molecule has 23 heavy (non-hydrogen) atoms. The summed E-state index contributed by atoms with van der Waals surface area (Å²) in [6.07, 6.45) is 3.34. The van der Waals surface area contributed by atoms with E-state index in [4.69, 9.17) is 0 Å². The highest BCUT2D eigenvalue weighted by Gasteiger charge is 2.37. The molecular formula is C18H25N3O2. The van der Waals surface area contributed by atoms with Crippen LogP contribution in [0.2, 0.25) is 0 Å². The Hall–Kier alpha value is -1.88. The van der Waals surface area contributed by atoms with E-state index < -0.39 is 0 Å². The van der Waals surface area contributed by atoms with Crippen LogP contribution in [0.5, 0.6) is 0 Å². The van der Waals surface area contributed by atoms with Crippen LogP contribution in [0.4, 0.5) is 10.5 Å². The van der Waals surface area contributed by atoms with Gasteiger partial charge in [0.05, 0.1) is 0 Å². The van der Waals surface area contributed by atoms with E-state index >= 15 is 0 Å². The van der Waals surface area contributed by atoms with Crippen LogP contribution in [0.1, 0.15) is 36.5 Å². The summed E-state index contributed by atoms with van der Waals surface area (Å²) in [6, 6.07) is 7.45. The Bertz CT molecular complexity index is 584. The fraction of sp³-hybridized carbons (Fsp3) is 0.556. The van der Waals surface area contributed by atoms with E-state index in [1.165, 1.54) is 6.42 Å². The van der Waals surface area contributed by atoms with E-state index in [0.717, 1.165) is 38.2 Å². The molecule has 1 aromatic carbocycles. The van der Waals surface area contributed by atoms with Gasteiger partial charge in [0, 0.05) is 30.4 Å². The SMILES string of the molecule is CC(=O)c1ccc(NC(=O)N2CCC[C@H]3CN(C)CC[C@H]32)cc1. The number of likely N-dealkylation sites (tertiary alicyclic amines) is 2. The number of amides is 2. The summed E-state index contributed by atoms with van der Waals surface area (Å²) in [6.45, 7) is 4.52. The summed E-state index contributed by atoms with van der Waals surface area (Å²) < 4.78 is 0. The highest BCUT2D eigenvalue weighted by molar-refractivity contribution is 5.95. The van der Waals surface area contributed by atoms with Gasteiger partial charge in [0.25, 0.3) is 0 Å². The fourth-order valence-corrected chi connectivity index (χ4v) is 3.82. The highest BCUT2D eigenvalue weighted by atomic mass is 16.2. The molecule has 0 saturated carbocycles. The van der Waals surface area contributed by atoms with Crippen LogP contribution in [0.3, 0.4) is 0 Å². The minimum absolute atomic E-state index is 0.0140. The van der Waals surface area contributed by atoms with Crippen LogP contribution in [0.15, 0.2) is 24.3 Å². The van der Waals surface area contributed by atoms with Gasteiger partial charge in [-0.05, 0) is 70.0 Å². The molecule has 2 aliphatic rings. The largest absolute Gasteiger partial charge is 0.322 e. The Kier molecular flexibility index (Phi) is 4.66. The van der Waals surface area contributed by atoms with Crippen LogP contribution < -0.4 is 5.32 Å². The van der Waals surface area contributed by atoms with Gasteiger partial charge in [0.2, 0.25) is 0 Å². The maximum absolute atomic E-state index is 12.7. The highest BCUT2D eigenvalue weighted by Crippen LogP contribution is 2.30. The number of piperidine rings is 2. The molecule has 0 aromatic heterocycles. The second-order valence-electron chi connectivity index (χ2n) is 6.78. The molecule has 5 nitrogen and oxygen atoms in total. The molecule has 2 atom stereocenters. The zero-order valence-electron chi connectivity index (χ0n) is 13.9. The molecule has 0 aliphatic carbocycles. The first kappa shape index (κ1) is 16.0. The molecule has 2 heterocycles. The molecule has 3 rings (SSSR count). The number of urea groups is 1. The van der Waals surface area contributed by atoms with Crippen molar-refractivity contribution in [2.24, 2.45) is 5.92 Å². The molecule has 1 N–H and O–H groups in total. The van der Waals surface area contributed by atoms with Gasteiger partial charge in [-0.1, -0.05) is 0 Å². The number of ketones is 1.